The van der Waals surface area contributed by atoms with Crippen molar-refractivity contribution in [1.29, 1.82) is 0 Å². The van der Waals surface area contributed by atoms with E-state index in [-0.39, 0.29) is 23.6 Å². The van der Waals surface area contributed by atoms with Crippen LogP contribution in [0.15, 0.2) is 47.6 Å². The third kappa shape index (κ3) is 5.07. The van der Waals surface area contributed by atoms with E-state index in [9.17, 15) is 14.4 Å². The maximum absolute atomic E-state index is 13.0. The van der Waals surface area contributed by atoms with Crippen LogP contribution in [0.1, 0.15) is 59.4 Å². The maximum atomic E-state index is 13.0. The number of hydrogen-bond donors (Lipinski definition) is 0. The molecule has 0 spiro atoms. The van der Waals surface area contributed by atoms with Crippen molar-refractivity contribution >= 4 is 17.7 Å². The minimum atomic E-state index is -0.914. The van der Waals surface area contributed by atoms with E-state index in [0.29, 0.717) is 5.75 Å². The van der Waals surface area contributed by atoms with Gasteiger partial charge in [-0.25, -0.2) is 0 Å². The molecule has 0 saturated heterocycles. The highest BCUT2D eigenvalue weighted by atomic mass is 16.6. The van der Waals surface area contributed by atoms with Gasteiger partial charge in [0.15, 0.2) is 5.78 Å². The molecule has 5 nitrogen and oxygen atoms in total. The van der Waals surface area contributed by atoms with Gasteiger partial charge in [-0.3, -0.25) is 14.4 Å². The first-order valence-electron chi connectivity index (χ1n) is 10.4. The van der Waals surface area contributed by atoms with Crippen LogP contribution in [-0.4, -0.2) is 23.3 Å². The molecule has 0 saturated carbocycles. The number of ketones is 1. The molecule has 160 valence electrons. The number of allylic oxidation sites excluding steroid dienone is 3. The predicted octanol–water partition coefficient (Wildman–Crippen LogP) is 4.74. The first-order chi connectivity index (χ1) is 14.0. The van der Waals surface area contributed by atoms with Crippen molar-refractivity contribution in [1.82, 2.24) is 0 Å². The fourth-order valence-corrected chi connectivity index (χ4v) is 4.10. The summed E-state index contributed by atoms with van der Waals surface area (Å²) in [6, 6.07) is 6.69. The molecule has 0 fully saturated rings. The van der Waals surface area contributed by atoms with Gasteiger partial charge >= 0.3 is 11.9 Å². The van der Waals surface area contributed by atoms with Crippen LogP contribution in [0.4, 0.5) is 0 Å². The molecule has 30 heavy (non-hydrogen) atoms. The molecule has 1 unspecified atom stereocenters. The molecule has 0 radical (unpaired) electrons. The quantitative estimate of drug-likeness (QED) is 0.407. The summed E-state index contributed by atoms with van der Waals surface area (Å²) in [5, 5.41) is 0. The zero-order valence-corrected chi connectivity index (χ0v) is 18.4. The second kappa shape index (κ2) is 8.21. The lowest BCUT2D eigenvalue weighted by atomic mass is 9.67. The highest BCUT2D eigenvalue weighted by molar-refractivity contribution is 6.12. The first kappa shape index (κ1) is 22.0. The van der Waals surface area contributed by atoms with Crippen LogP contribution in [0.25, 0.3) is 0 Å². The van der Waals surface area contributed by atoms with E-state index in [0.717, 1.165) is 36.0 Å². The lowest BCUT2D eigenvalue weighted by molar-refractivity contribution is -0.154. The van der Waals surface area contributed by atoms with Gasteiger partial charge in [-0.15, -0.1) is 0 Å². The zero-order valence-electron chi connectivity index (χ0n) is 18.4. The number of hydrogen-bond acceptors (Lipinski definition) is 5. The minimum Gasteiger partial charge on any atom is -0.460 e. The summed E-state index contributed by atoms with van der Waals surface area (Å²) in [5.41, 5.74) is 1.82. The van der Waals surface area contributed by atoms with Gasteiger partial charge in [-0.05, 0) is 68.7 Å². The lowest BCUT2D eigenvalue weighted by Crippen LogP contribution is -2.36. The number of rotatable bonds is 4. The Morgan fingerprint density at radius 1 is 1.13 bits per heavy atom. The summed E-state index contributed by atoms with van der Waals surface area (Å²) < 4.78 is 10.8. The van der Waals surface area contributed by atoms with Gasteiger partial charge in [-0.2, -0.15) is 0 Å². The second-order valence-corrected chi connectivity index (χ2v) is 9.67. The van der Waals surface area contributed by atoms with E-state index in [1.165, 1.54) is 0 Å². The molecule has 0 aromatic heterocycles. The largest absolute Gasteiger partial charge is 0.460 e. The van der Waals surface area contributed by atoms with Gasteiger partial charge in [-0.1, -0.05) is 38.1 Å². The zero-order chi connectivity index (χ0) is 22.1. The Morgan fingerprint density at radius 3 is 2.43 bits per heavy atom. The predicted molar refractivity (Wildman–Crippen MR) is 114 cm³/mol. The highest BCUT2D eigenvalue weighted by Gasteiger charge is 2.41. The number of Topliss-reactive ketones (excluding diaryl/α,β-unsaturated/α-hetero) is 1. The number of esters is 2. The van der Waals surface area contributed by atoms with Gasteiger partial charge in [0.2, 0.25) is 0 Å². The van der Waals surface area contributed by atoms with Crippen LogP contribution in [0.5, 0.6) is 5.75 Å². The van der Waals surface area contributed by atoms with Crippen molar-refractivity contribution in [2.24, 2.45) is 11.3 Å². The average Bonchev–Trinajstić information content (AvgIpc) is 2.61. The van der Waals surface area contributed by atoms with E-state index >= 15 is 0 Å². The Bertz CT molecular complexity index is 910. The second-order valence-electron chi connectivity index (χ2n) is 9.67. The molecule has 3 rings (SSSR count). The Kier molecular flexibility index (Phi) is 6.02. The molecule has 0 bridgehead atoms. The van der Waals surface area contributed by atoms with Crippen molar-refractivity contribution in [2.45, 2.75) is 65.9 Å². The molecule has 2 aliphatic carbocycles. The Labute approximate surface area is 178 Å². The van der Waals surface area contributed by atoms with Gasteiger partial charge in [0, 0.05) is 5.57 Å². The fraction of sp³-hybridized carbons (Fsp3) is 0.480. The fourth-order valence-electron chi connectivity index (χ4n) is 4.10. The average molecular weight is 411 g/mol. The number of carbonyl (C=O) groups excluding carboxylic acids is 3. The van der Waals surface area contributed by atoms with Crippen molar-refractivity contribution in [3.63, 3.8) is 0 Å². The molecular formula is C25H30O5. The monoisotopic (exact) mass is 410 g/mol. The van der Waals surface area contributed by atoms with Crippen molar-refractivity contribution < 1.29 is 23.9 Å². The van der Waals surface area contributed by atoms with Gasteiger partial charge in [0.25, 0.3) is 0 Å². The van der Waals surface area contributed by atoms with E-state index in [1.807, 2.05) is 26.8 Å². The van der Waals surface area contributed by atoms with E-state index in [1.54, 1.807) is 30.3 Å². The van der Waals surface area contributed by atoms with Crippen LogP contribution in [-0.2, 0) is 25.5 Å². The number of ether oxygens (including phenoxy) is 2. The Hall–Kier alpha value is -2.69. The van der Waals surface area contributed by atoms with Gasteiger partial charge in [0.1, 0.15) is 17.3 Å². The van der Waals surface area contributed by atoms with Crippen LogP contribution in [0.3, 0.4) is 0 Å². The highest BCUT2D eigenvalue weighted by Crippen LogP contribution is 2.44. The van der Waals surface area contributed by atoms with E-state index in [4.69, 9.17) is 9.47 Å². The molecule has 2 aliphatic rings. The number of carbonyl (C=O) groups is 3. The molecule has 0 amide bonds. The Morgan fingerprint density at radius 2 is 1.80 bits per heavy atom. The van der Waals surface area contributed by atoms with Crippen molar-refractivity contribution in [3.05, 3.63) is 53.1 Å². The molecule has 0 aliphatic heterocycles. The van der Waals surface area contributed by atoms with E-state index in [2.05, 4.69) is 13.8 Å². The summed E-state index contributed by atoms with van der Waals surface area (Å²) in [5.74, 6) is -1.61. The molecule has 5 heteroatoms. The summed E-state index contributed by atoms with van der Waals surface area (Å²) >= 11 is 0. The first-order valence-corrected chi connectivity index (χ1v) is 10.4. The third-order valence-electron chi connectivity index (χ3n) is 5.43. The summed E-state index contributed by atoms with van der Waals surface area (Å²) in [7, 11) is 0. The molecular weight excluding hydrogens is 380 g/mol. The molecule has 0 N–H and O–H groups in total. The van der Waals surface area contributed by atoms with Gasteiger partial charge in [0.05, 0.1) is 6.42 Å². The Balaban J connectivity index is 1.64. The topological polar surface area (TPSA) is 69.7 Å². The van der Waals surface area contributed by atoms with Crippen molar-refractivity contribution in [3.8, 4) is 5.75 Å². The summed E-state index contributed by atoms with van der Waals surface area (Å²) in [4.78, 5) is 37.7. The van der Waals surface area contributed by atoms with Crippen LogP contribution in [0.2, 0.25) is 0 Å². The summed E-state index contributed by atoms with van der Waals surface area (Å²) in [6.45, 7) is 9.58. The minimum absolute atomic E-state index is 0.140. The molecule has 1 atom stereocenters. The van der Waals surface area contributed by atoms with E-state index < -0.39 is 17.5 Å². The normalized spacial score (nSPS) is 20.6. The smallest absolute Gasteiger partial charge is 0.326 e. The summed E-state index contributed by atoms with van der Waals surface area (Å²) in [6.07, 6.45) is 6.57. The number of benzene rings is 1. The van der Waals surface area contributed by atoms with Gasteiger partial charge < -0.3 is 9.47 Å². The third-order valence-corrected chi connectivity index (χ3v) is 5.43. The molecule has 1 aromatic rings. The van der Waals surface area contributed by atoms with Crippen LogP contribution < -0.4 is 4.74 Å². The SMILES string of the molecule is CC(C)(C)OC(=O)Cc1ccc(OC(=O)C2C=CC3=C(C2=O)C(C)(C)CCC3)cc1. The van der Waals surface area contributed by atoms with Crippen molar-refractivity contribution in [2.75, 3.05) is 0 Å². The standard InChI is InChI=1S/C25H30O5/c1-24(2,3)30-20(26)15-16-8-11-18(12-9-16)29-23(28)19-13-10-17-7-6-14-25(4,5)21(17)22(19)27/h8-13,19H,6-7,14-15H2,1-5H3. The van der Waals surface area contributed by atoms with Crippen LogP contribution >= 0.6 is 0 Å². The maximum Gasteiger partial charge on any atom is 0.326 e. The molecule has 0 heterocycles. The lowest BCUT2D eigenvalue weighted by Gasteiger charge is -2.36. The van der Waals surface area contributed by atoms with Crippen LogP contribution in [0, 0.1) is 11.3 Å². The molecule has 1 aromatic carbocycles.